The van der Waals surface area contributed by atoms with Crippen molar-refractivity contribution in [1.29, 1.82) is 0 Å². The maximum atomic E-state index is 13.2. The number of aromatic amines is 1. The summed E-state index contributed by atoms with van der Waals surface area (Å²) in [5, 5.41) is 2.46. The lowest BCUT2D eigenvalue weighted by Gasteiger charge is -2.08. The number of benzene rings is 1. The summed E-state index contributed by atoms with van der Waals surface area (Å²) < 4.78 is 50.8. The molecule has 2 N–H and O–H groups in total. The Hall–Kier alpha value is -2.39. The predicted molar refractivity (Wildman–Crippen MR) is 84.6 cm³/mol. The highest BCUT2D eigenvalue weighted by atomic mass is 35.7. The van der Waals surface area contributed by atoms with E-state index >= 15 is 0 Å². The number of nitrogens with zero attached hydrogens (tertiary/aromatic N) is 1. The molecule has 0 aliphatic rings. The predicted octanol–water partition coefficient (Wildman–Crippen LogP) is 2.96. The molecule has 0 aliphatic heterocycles. The van der Waals surface area contributed by atoms with E-state index in [2.05, 4.69) is 10.3 Å². The number of carbonyl (C=O) groups excluding carboxylic acids is 1. The van der Waals surface area contributed by atoms with E-state index in [-0.39, 0.29) is 21.9 Å². The highest BCUT2D eigenvalue weighted by Gasteiger charge is 2.27. The van der Waals surface area contributed by atoms with Gasteiger partial charge in [-0.3, -0.25) is 4.79 Å². The van der Waals surface area contributed by atoms with Gasteiger partial charge in [0.1, 0.15) is 5.69 Å². The first-order chi connectivity index (χ1) is 11.2. The van der Waals surface area contributed by atoms with Crippen LogP contribution in [0, 0.1) is 11.6 Å². The Bertz CT molecular complexity index is 1070. The molecule has 0 atom stereocenters. The molecule has 10 heteroatoms. The van der Waals surface area contributed by atoms with Gasteiger partial charge in [0.05, 0.1) is 5.52 Å². The molecule has 3 rings (SSSR count). The van der Waals surface area contributed by atoms with E-state index in [9.17, 15) is 22.0 Å². The molecule has 1 aromatic carbocycles. The fraction of sp³-hybridized carbons (Fsp3) is 0.0714. The zero-order valence-corrected chi connectivity index (χ0v) is 13.7. The Balaban J connectivity index is 2.09. The average molecular weight is 374 g/mol. The van der Waals surface area contributed by atoms with Crippen molar-refractivity contribution in [3.8, 4) is 0 Å². The van der Waals surface area contributed by atoms with Gasteiger partial charge in [0.25, 0.3) is 15.0 Å². The fourth-order valence-corrected chi connectivity index (χ4v) is 3.89. The Kier molecular flexibility index (Phi) is 3.84. The van der Waals surface area contributed by atoms with Crippen molar-refractivity contribution in [2.45, 2.75) is 5.03 Å². The number of aromatic nitrogens is 2. The van der Waals surface area contributed by atoms with Crippen LogP contribution >= 0.6 is 10.7 Å². The minimum absolute atomic E-state index is 0.00945. The van der Waals surface area contributed by atoms with Crippen LogP contribution < -0.4 is 5.32 Å². The molecule has 6 nitrogen and oxygen atoms in total. The first-order valence-electron chi connectivity index (χ1n) is 6.57. The van der Waals surface area contributed by atoms with Gasteiger partial charge in [0, 0.05) is 41.1 Å². The molecule has 0 fully saturated rings. The van der Waals surface area contributed by atoms with Crippen molar-refractivity contribution >= 4 is 42.2 Å². The lowest BCUT2D eigenvalue weighted by atomic mass is 10.2. The number of H-pyrrole nitrogens is 1. The summed E-state index contributed by atoms with van der Waals surface area (Å²) in [5.41, 5.74) is 0.220. The van der Waals surface area contributed by atoms with Crippen molar-refractivity contribution in [3.05, 3.63) is 47.8 Å². The second-order valence-electron chi connectivity index (χ2n) is 5.00. The first kappa shape index (κ1) is 16.5. The Labute approximate surface area is 139 Å². The summed E-state index contributed by atoms with van der Waals surface area (Å²) in [7, 11) is 2.68. The van der Waals surface area contributed by atoms with E-state index in [0.29, 0.717) is 5.39 Å². The molecule has 2 aromatic heterocycles. The number of amides is 1. The molecule has 24 heavy (non-hydrogen) atoms. The van der Waals surface area contributed by atoms with E-state index < -0.39 is 26.6 Å². The molecule has 0 spiro atoms. The summed E-state index contributed by atoms with van der Waals surface area (Å²) >= 11 is 0. The van der Waals surface area contributed by atoms with Gasteiger partial charge in [-0.15, -0.1) is 0 Å². The molecule has 2 heterocycles. The van der Waals surface area contributed by atoms with E-state index in [4.69, 9.17) is 10.7 Å². The largest absolute Gasteiger partial charge is 0.359 e. The average Bonchev–Trinajstić information content (AvgIpc) is 3.00. The number of rotatable bonds is 3. The second-order valence-corrected chi connectivity index (χ2v) is 7.48. The Morgan fingerprint density at radius 3 is 2.58 bits per heavy atom. The summed E-state index contributed by atoms with van der Waals surface area (Å²) in [6.45, 7) is 0. The lowest BCUT2D eigenvalue weighted by Crippen LogP contribution is -2.17. The lowest BCUT2D eigenvalue weighted by molar-refractivity contribution is 0.102. The Morgan fingerprint density at radius 2 is 1.96 bits per heavy atom. The quantitative estimate of drug-likeness (QED) is 0.692. The minimum atomic E-state index is -4.11. The SMILES string of the molecule is Cn1c(C(=O)Nc2ccc(F)c(F)c2)c2cc[nH]c2c1S(=O)(=O)Cl. The van der Waals surface area contributed by atoms with Crippen LogP contribution in [-0.4, -0.2) is 23.9 Å². The van der Waals surface area contributed by atoms with Crippen LogP contribution in [0.25, 0.3) is 10.9 Å². The number of hydrogen-bond acceptors (Lipinski definition) is 3. The van der Waals surface area contributed by atoms with Gasteiger partial charge in [-0.05, 0) is 18.2 Å². The standard InChI is InChI=1S/C14H10ClF2N3O3S/c1-20-12(8-4-5-18-11(8)14(20)24(15,22)23)13(21)19-7-2-3-9(16)10(17)6-7/h2-6,18H,1H3,(H,19,21). The van der Waals surface area contributed by atoms with Gasteiger partial charge in [-0.1, -0.05) is 0 Å². The van der Waals surface area contributed by atoms with Gasteiger partial charge in [-0.25, -0.2) is 17.2 Å². The van der Waals surface area contributed by atoms with Gasteiger partial charge in [0.2, 0.25) is 0 Å². The molecule has 0 radical (unpaired) electrons. The van der Waals surface area contributed by atoms with Gasteiger partial charge >= 0.3 is 0 Å². The molecule has 3 aromatic rings. The fourth-order valence-electron chi connectivity index (χ4n) is 2.52. The van der Waals surface area contributed by atoms with Crippen LogP contribution in [0.5, 0.6) is 0 Å². The normalized spacial score (nSPS) is 11.8. The first-order valence-corrected chi connectivity index (χ1v) is 8.88. The molecule has 126 valence electrons. The molecule has 0 saturated heterocycles. The maximum absolute atomic E-state index is 13.2. The van der Waals surface area contributed by atoms with Gasteiger partial charge in [0.15, 0.2) is 16.7 Å². The molecule has 0 bridgehead atoms. The Morgan fingerprint density at radius 1 is 1.25 bits per heavy atom. The number of halogens is 3. The van der Waals surface area contributed by atoms with Crippen molar-refractivity contribution in [2.24, 2.45) is 7.05 Å². The van der Waals surface area contributed by atoms with Crippen molar-refractivity contribution in [1.82, 2.24) is 9.55 Å². The summed E-state index contributed by atoms with van der Waals surface area (Å²) in [4.78, 5) is 15.2. The van der Waals surface area contributed by atoms with Crippen LogP contribution in [0.15, 0.2) is 35.5 Å². The van der Waals surface area contributed by atoms with Crippen LogP contribution in [0.4, 0.5) is 14.5 Å². The van der Waals surface area contributed by atoms with Crippen molar-refractivity contribution < 1.29 is 22.0 Å². The molecule has 0 aliphatic carbocycles. The van der Waals surface area contributed by atoms with Crippen LogP contribution in [-0.2, 0) is 16.1 Å². The minimum Gasteiger partial charge on any atom is -0.359 e. The van der Waals surface area contributed by atoms with Crippen LogP contribution in [0.2, 0.25) is 0 Å². The maximum Gasteiger partial charge on any atom is 0.278 e. The van der Waals surface area contributed by atoms with Gasteiger partial charge < -0.3 is 14.9 Å². The highest BCUT2D eigenvalue weighted by Crippen LogP contribution is 2.30. The van der Waals surface area contributed by atoms with E-state index in [1.807, 2.05) is 0 Å². The highest BCUT2D eigenvalue weighted by molar-refractivity contribution is 8.13. The number of carbonyl (C=O) groups is 1. The van der Waals surface area contributed by atoms with E-state index in [1.54, 1.807) is 0 Å². The molecule has 0 unspecified atom stereocenters. The molecular weight excluding hydrogens is 364 g/mol. The summed E-state index contributed by atoms with van der Waals surface area (Å²) in [6.07, 6.45) is 1.46. The smallest absolute Gasteiger partial charge is 0.278 e. The van der Waals surface area contributed by atoms with E-state index in [0.717, 1.165) is 16.7 Å². The molecule has 1 amide bonds. The molecule has 0 saturated carbocycles. The third kappa shape index (κ3) is 2.65. The topological polar surface area (TPSA) is 84.0 Å². The number of hydrogen-bond donors (Lipinski definition) is 2. The molecular formula is C14H10ClF2N3O3S. The monoisotopic (exact) mass is 373 g/mol. The summed E-state index contributed by atoms with van der Waals surface area (Å²) in [5.74, 6) is -2.86. The van der Waals surface area contributed by atoms with Crippen LogP contribution in [0.3, 0.4) is 0 Å². The number of fused-ring (bicyclic) bond motifs is 1. The third-order valence-electron chi connectivity index (χ3n) is 3.48. The zero-order valence-electron chi connectivity index (χ0n) is 12.1. The zero-order chi connectivity index (χ0) is 17.6. The third-order valence-corrected chi connectivity index (χ3v) is 4.86. The van der Waals surface area contributed by atoms with Gasteiger partial charge in [-0.2, -0.15) is 0 Å². The van der Waals surface area contributed by atoms with Crippen molar-refractivity contribution in [2.75, 3.05) is 5.32 Å². The number of nitrogens with one attached hydrogen (secondary N) is 2. The second kappa shape index (κ2) is 5.60. The van der Waals surface area contributed by atoms with E-state index in [1.165, 1.54) is 25.4 Å². The van der Waals surface area contributed by atoms with Crippen LogP contribution in [0.1, 0.15) is 10.5 Å². The summed E-state index contributed by atoms with van der Waals surface area (Å²) in [6, 6.07) is 4.40. The number of anilines is 1. The van der Waals surface area contributed by atoms with Crippen molar-refractivity contribution in [3.63, 3.8) is 0 Å².